The first-order valence-corrected chi connectivity index (χ1v) is 10.6. The Bertz CT molecular complexity index is 846. The quantitative estimate of drug-likeness (QED) is 0.771. The van der Waals surface area contributed by atoms with E-state index in [4.69, 9.17) is 5.73 Å². The molecule has 2 fully saturated rings. The number of hydrogen-bond acceptors (Lipinski definition) is 5. The fraction of sp³-hybridized carbons (Fsp3) is 0.556. The van der Waals surface area contributed by atoms with Crippen LogP contribution in [0.3, 0.4) is 0 Å². The molecule has 1 aromatic rings. The van der Waals surface area contributed by atoms with Crippen LogP contribution in [0.4, 0.5) is 0 Å². The number of nitrogens with zero attached hydrogens (tertiary/aromatic N) is 2. The normalized spacial score (nSPS) is 22.4. The molecule has 3 N–H and O–H groups in total. The fourth-order valence-corrected chi connectivity index (χ4v) is 5.07. The van der Waals surface area contributed by atoms with Gasteiger partial charge in [-0.3, -0.25) is 4.79 Å². The lowest BCUT2D eigenvalue weighted by Crippen LogP contribution is -2.48. The average molecular weight is 413 g/mol. The number of amidine groups is 1. The van der Waals surface area contributed by atoms with Gasteiger partial charge in [0.1, 0.15) is 4.90 Å². The second-order valence-corrected chi connectivity index (χ2v) is 8.91. The summed E-state index contributed by atoms with van der Waals surface area (Å²) in [5.41, 5.74) is 6.43. The maximum absolute atomic E-state index is 12.5. The highest BCUT2D eigenvalue weighted by Gasteiger charge is 2.36. The molecule has 2 heterocycles. The SMILES string of the molecule is Cl.NCC(NC(=O)C1CCN(C2=NS(=O)(=O)c3ccccc32)CC1)C1CC1. The second kappa shape index (κ2) is 7.77. The maximum atomic E-state index is 12.5. The number of carbonyl (C=O) groups excluding carboxylic acids is 1. The van der Waals surface area contributed by atoms with Gasteiger partial charge in [-0.15, -0.1) is 16.8 Å². The van der Waals surface area contributed by atoms with Gasteiger partial charge in [0.2, 0.25) is 5.91 Å². The van der Waals surface area contributed by atoms with Crippen LogP contribution in [-0.2, 0) is 14.8 Å². The van der Waals surface area contributed by atoms with Gasteiger partial charge >= 0.3 is 0 Å². The zero-order valence-electron chi connectivity index (χ0n) is 15.0. The molecule has 1 unspecified atom stereocenters. The average Bonchev–Trinajstić information content (AvgIpc) is 3.45. The fourth-order valence-electron chi connectivity index (χ4n) is 3.84. The van der Waals surface area contributed by atoms with E-state index in [-0.39, 0.29) is 35.2 Å². The van der Waals surface area contributed by atoms with Crippen molar-refractivity contribution in [3.8, 4) is 0 Å². The van der Waals surface area contributed by atoms with Gasteiger partial charge in [0.05, 0.1) is 0 Å². The molecule has 1 saturated heterocycles. The number of amides is 1. The summed E-state index contributed by atoms with van der Waals surface area (Å²) in [6.07, 6.45) is 3.67. The van der Waals surface area contributed by atoms with Crippen LogP contribution < -0.4 is 11.1 Å². The van der Waals surface area contributed by atoms with Gasteiger partial charge in [0, 0.05) is 37.2 Å². The molecule has 2 aliphatic heterocycles. The molecule has 1 saturated carbocycles. The Morgan fingerprint density at radius 2 is 1.89 bits per heavy atom. The Balaban J connectivity index is 0.00000210. The third-order valence-corrected chi connectivity index (χ3v) is 6.88. The number of rotatable bonds is 4. The van der Waals surface area contributed by atoms with Gasteiger partial charge in [-0.1, -0.05) is 12.1 Å². The van der Waals surface area contributed by atoms with Gasteiger partial charge in [-0.2, -0.15) is 8.42 Å². The molecular weight excluding hydrogens is 388 g/mol. The number of piperidine rings is 1. The number of sulfonamides is 1. The Morgan fingerprint density at radius 3 is 2.52 bits per heavy atom. The molecule has 1 atom stereocenters. The lowest BCUT2D eigenvalue weighted by atomic mass is 9.94. The van der Waals surface area contributed by atoms with Crippen molar-refractivity contribution >= 4 is 34.2 Å². The van der Waals surface area contributed by atoms with Crippen LogP contribution in [0.15, 0.2) is 33.6 Å². The highest BCUT2D eigenvalue weighted by Crippen LogP contribution is 2.33. The monoisotopic (exact) mass is 412 g/mol. The van der Waals surface area contributed by atoms with Crippen molar-refractivity contribution in [2.45, 2.75) is 36.6 Å². The summed E-state index contributed by atoms with van der Waals surface area (Å²) in [5.74, 6) is 1.08. The topological polar surface area (TPSA) is 105 Å². The van der Waals surface area contributed by atoms with Crippen LogP contribution in [-0.4, -0.2) is 50.7 Å². The predicted octanol–water partition coefficient (Wildman–Crippen LogP) is 1.12. The Kier molecular flexibility index (Phi) is 5.79. The van der Waals surface area contributed by atoms with E-state index < -0.39 is 10.0 Å². The van der Waals surface area contributed by atoms with Gasteiger partial charge in [-0.05, 0) is 43.7 Å². The van der Waals surface area contributed by atoms with Gasteiger partial charge in [0.25, 0.3) is 10.0 Å². The van der Waals surface area contributed by atoms with Gasteiger partial charge in [-0.25, -0.2) is 0 Å². The molecule has 3 aliphatic rings. The van der Waals surface area contributed by atoms with Gasteiger partial charge in [0.15, 0.2) is 5.84 Å². The first-order chi connectivity index (χ1) is 12.5. The summed E-state index contributed by atoms with van der Waals surface area (Å²) in [6, 6.07) is 7.00. The standard InChI is InChI=1S/C18H24N4O3S.ClH/c19-11-15(12-5-6-12)20-18(23)13-7-9-22(10-8-13)17-14-3-1-2-4-16(14)26(24,25)21-17;/h1-4,12-13,15H,5-11,19H2,(H,20,23);1H. The van der Waals surface area contributed by atoms with E-state index in [0.29, 0.717) is 49.8 Å². The van der Waals surface area contributed by atoms with E-state index in [1.807, 2.05) is 11.0 Å². The summed E-state index contributed by atoms with van der Waals surface area (Å²) < 4.78 is 28.4. The molecule has 27 heavy (non-hydrogen) atoms. The second-order valence-electron chi connectivity index (χ2n) is 7.34. The summed E-state index contributed by atoms with van der Waals surface area (Å²) >= 11 is 0. The lowest BCUT2D eigenvalue weighted by Gasteiger charge is -2.33. The van der Waals surface area contributed by atoms with Crippen molar-refractivity contribution in [3.63, 3.8) is 0 Å². The highest BCUT2D eigenvalue weighted by atomic mass is 35.5. The van der Waals surface area contributed by atoms with Crippen molar-refractivity contribution in [1.29, 1.82) is 0 Å². The van der Waals surface area contributed by atoms with Gasteiger partial charge < -0.3 is 16.0 Å². The number of nitrogens with two attached hydrogens (primary N) is 1. The molecular formula is C18H25ClN4O3S. The molecule has 0 spiro atoms. The molecule has 7 nitrogen and oxygen atoms in total. The molecule has 1 aliphatic carbocycles. The third kappa shape index (κ3) is 3.97. The Labute approximate surface area is 165 Å². The molecule has 0 radical (unpaired) electrons. The number of halogens is 1. The van der Waals surface area contributed by atoms with E-state index in [1.165, 1.54) is 0 Å². The number of carbonyl (C=O) groups is 1. The summed E-state index contributed by atoms with van der Waals surface area (Å²) in [7, 11) is -3.60. The molecule has 148 valence electrons. The van der Waals surface area contributed by atoms with Crippen molar-refractivity contribution in [2.24, 2.45) is 22.0 Å². The molecule has 1 aromatic carbocycles. The number of fused-ring (bicyclic) bond motifs is 1. The Hall–Kier alpha value is -1.64. The number of hydrogen-bond donors (Lipinski definition) is 2. The Morgan fingerprint density at radius 1 is 1.22 bits per heavy atom. The highest BCUT2D eigenvalue weighted by molar-refractivity contribution is 7.90. The zero-order valence-corrected chi connectivity index (χ0v) is 16.6. The molecule has 9 heteroatoms. The van der Waals surface area contributed by atoms with Crippen LogP contribution in [0.2, 0.25) is 0 Å². The first kappa shape index (κ1) is 20.1. The minimum atomic E-state index is -3.60. The van der Waals surface area contributed by atoms with Crippen LogP contribution >= 0.6 is 12.4 Å². The predicted molar refractivity (Wildman–Crippen MR) is 105 cm³/mol. The van der Waals surface area contributed by atoms with Crippen LogP contribution in [0, 0.1) is 11.8 Å². The van der Waals surface area contributed by atoms with Crippen LogP contribution in [0.25, 0.3) is 0 Å². The third-order valence-electron chi connectivity index (χ3n) is 5.55. The van der Waals surface area contributed by atoms with Crippen molar-refractivity contribution < 1.29 is 13.2 Å². The maximum Gasteiger partial charge on any atom is 0.285 e. The minimum absolute atomic E-state index is 0. The van der Waals surface area contributed by atoms with Crippen molar-refractivity contribution in [3.05, 3.63) is 29.8 Å². The minimum Gasteiger partial charge on any atom is -0.355 e. The molecule has 0 aromatic heterocycles. The molecule has 0 bridgehead atoms. The van der Waals surface area contributed by atoms with Crippen LogP contribution in [0.1, 0.15) is 31.2 Å². The smallest absolute Gasteiger partial charge is 0.285 e. The molecule has 4 rings (SSSR count). The van der Waals surface area contributed by atoms with E-state index >= 15 is 0 Å². The lowest BCUT2D eigenvalue weighted by molar-refractivity contribution is -0.127. The van der Waals surface area contributed by atoms with Crippen molar-refractivity contribution in [2.75, 3.05) is 19.6 Å². The van der Waals surface area contributed by atoms with E-state index in [2.05, 4.69) is 9.71 Å². The number of benzene rings is 1. The largest absolute Gasteiger partial charge is 0.355 e. The summed E-state index contributed by atoms with van der Waals surface area (Å²) in [4.78, 5) is 14.8. The van der Waals surface area contributed by atoms with E-state index in [1.54, 1.807) is 18.2 Å². The van der Waals surface area contributed by atoms with E-state index in [9.17, 15) is 13.2 Å². The van der Waals surface area contributed by atoms with Crippen LogP contribution in [0.5, 0.6) is 0 Å². The molecule has 1 amide bonds. The first-order valence-electron chi connectivity index (χ1n) is 9.19. The number of nitrogens with one attached hydrogen (secondary N) is 1. The summed E-state index contributed by atoms with van der Waals surface area (Å²) in [5, 5.41) is 3.10. The summed E-state index contributed by atoms with van der Waals surface area (Å²) in [6.45, 7) is 1.73. The zero-order chi connectivity index (χ0) is 18.3. The number of likely N-dealkylation sites (tertiary alicyclic amines) is 1. The van der Waals surface area contributed by atoms with E-state index in [0.717, 1.165) is 12.8 Å². The van der Waals surface area contributed by atoms with Crippen molar-refractivity contribution in [1.82, 2.24) is 10.2 Å².